The molecule has 0 saturated carbocycles. The highest BCUT2D eigenvalue weighted by atomic mass is 19.4. The standard InChI is InChI=1S/C32H23F3N4O4/c33-32(34,35)24-13-19(7-10-26(24)37-11-3-4-12-37)27-15-28(40)23(30(41)42)18-39(27)22-8-9-25-29(14-22)43-31(36-25)38-16-20-5-1-2-6-21(20)17-38/h1-2,5-10,13-18H,3-4,11-12H2,(H,41,42). The number of hydrogen-bond acceptors (Lipinski definition) is 5. The topological polar surface area (TPSA) is 93.5 Å². The Morgan fingerprint density at radius 3 is 2.30 bits per heavy atom. The molecule has 43 heavy (non-hydrogen) atoms. The third-order valence-electron chi connectivity index (χ3n) is 7.74. The van der Waals surface area contributed by atoms with E-state index in [1.165, 1.54) is 16.7 Å². The molecule has 1 N–H and O–H groups in total. The van der Waals surface area contributed by atoms with Crippen LogP contribution in [0.3, 0.4) is 0 Å². The molecule has 3 aromatic heterocycles. The van der Waals surface area contributed by atoms with Crippen LogP contribution in [-0.2, 0) is 6.18 Å². The number of oxazole rings is 1. The second kappa shape index (κ2) is 9.90. The molecule has 0 spiro atoms. The van der Waals surface area contributed by atoms with E-state index in [9.17, 15) is 27.9 Å². The van der Waals surface area contributed by atoms with Crippen molar-refractivity contribution in [2.24, 2.45) is 0 Å². The molecule has 4 heterocycles. The minimum atomic E-state index is -4.64. The lowest BCUT2D eigenvalue weighted by molar-refractivity contribution is -0.137. The second-order valence-corrected chi connectivity index (χ2v) is 10.5. The molecule has 6 aromatic rings. The van der Waals surface area contributed by atoms with Gasteiger partial charge in [0.25, 0.3) is 0 Å². The minimum Gasteiger partial charge on any atom is -0.477 e. The lowest BCUT2D eigenvalue weighted by atomic mass is 10.0. The average molecular weight is 585 g/mol. The number of aromatic nitrogens is 3. The number of hydrogen-bond donors (Lipinski definition) is 1. The van der Waals surface area contributed by atoms with Crippen molar-refractivity contribution in [1.82, 2.24) is 14.1 Å². The van der Waals surface area contributed by atoms with Crippen molar-refractivity contribution in [2.45, 2.75) is 19.0 Å². The van der Waals surface area contributed by atoms with Crippen LogP contribution in [0.25, 0.3) is 44.8 Å². The van der Waals surface area contributed by atoms with Crippen LogP contribution in [0.1, 0.15) is 28.8 Å². The molecule has 0 radical (unpaired) electrons. The number of pyridine rings is 1. The number of halogens is 3. The maximum Gasteiger partial charge on any atom is 0.418 e. The maximum atomic E-state index is 14.3. The number of anilines is 1. The van der Waals surface area contributed by atoms with E-state index in [0.717, 1.165) is 41.9 Å². The molecule has 0 aliphatic carbocycles. The van der Waals surface area contributed by atoms with Gasteiger partial charge in [-0.15, -0.1) is 0 Å². The normalized spacial score (nSPS) is 13.8. The molecular weight excluding hydrogens is 561 g/mol. The maximum absolute atomic E-state index is 14.3. The molecule has 1 aliphatic heterocycles. The van der Waals surface area contributed by atoms with Crippen LogP contribution in [0, 0.1) is 0 Å². The quantitative estimate of drug-likeness (QED) is 0.237. The van der Waals surface area contributed by atoms with Gasteiger partial charge in [0.05, 0.1) is 11.3 Å². The Labute approximate surface area is 241 Å². The minimum absolute atomic E-state index is 0.0816. The Bertz CT molecular complexity index is 2070. The van der Waals surface area contributed by atoms with Gasteiger partial charge in [-0.1, -0.05) is 30.3 Å². The van der Waals surface area contributed by atoms with E-state index in [4.69, 9.17) is 4.42 Å². The van der Waals surface area contributed by atoms with Crippen LogP contribution in [0.4, 0.5) is 18.9 Å². The number of aromatic carboxylic acids is 1. The summed E-state index contributed by atoms with van der Waals surface area (Å²) in [6, 6.07) is 18.0. The summed E-state index contributed by atoms with van der Waals surface area (Å²) in [4.78, 5) is 30.9. The first-order valence-corrected chi connectivity index (χ1v) is 13.6. The molecule has 1 saturated heterocycles. The summed E-state index contributed by atoms with van der Waals surface area (Å²) in [5.74, 6) is -1.45. The third kappa shape index (κ3) is 4.72. The highest BCUT2D eigenvalue weighted by Crippen LogP contribution is 2.40. The number of benzene rings is 3. The molecule has 1 fully saturated rings. The van der Waals surface area contributed by atoms with Gasteiger partial charge in [0.1, 0.15) is 11.1 Å². The Morgan fingerprint density at radius 2 is 1.63 bits per heavy atom. The SMILES string of the molecule is O=C(O)c1cn(-c2ccc3nc(-n4cc5ccccc5c4)oc3c2)c(-c2ccc(N3CCCC3)c(C(F)(F)F)c2)cc1=O. The van der Waals surface area contributed by atoms with Gasteiger partial charge in [0, 0.05) is 55.2 Å². The third-order valence-corrected chi connectivity index (χ3v) is 7.74. The highest BCUT2D eigenvalue weighted by molar-refractivity contribution is 5.88. The molecule has 7 rings (SSSR count). The largest absolute Gasteiger partial charge is 0.477 e. The van der Waals surface area contributed by atoms with Crippen molar-refractivity contribution < 1.29 is 27.5 Å². The van der Waals surface area contributed by atoms with E-state index in [1.54, 1.807) is 27.7 Å². The first-order chi connectivity index (χ1) is 20.7. The first kappa shape index (κ1) is 26.6. The van der Waals surface area contributed by atoms with Crippen LogP contribution in [0.5, 0.6) is 0 Å². The number of carboxylic acid groups (broad SMARTS) is 1. The summed E-state index contributed by atoms with van der Waals surface area (Å²) < 4.78 is 52.0. The fraction of sp³-hybridized carbons (Fsp3) is 0.156. The molecule has 1 aliphatic rings. The zero-order chi connectivity index (χ0) is 29.9. The molecule has 0 amide bonds. The summed E-state index contributed by atoms with van der Waals surface area (Å²) >= 11 is 0. The van der Waals surface area contributed by atoms with E-state index >= 15 is 0 Å². The molecular formula is C32H23F3N4O4. The summed E-state index contributed by atoms with van der Waals surface area (Å²) in [5.41, 5.74) is -0.599. The highest BCUT2D eigenvalue weighted by Gasteiger charge is 2.36. The Hall–Kier alpha value is -5.32. The number of nitrogens with zero attached hydrogens (tertiary/aromatic N) is 4. The number of fused-ring (bicyclic) bond motifs is 2. The van der Waals surface area contributed by atoms with Gasteiger partial charge >= 0.3 is 18.2 Å². The molecule has 0 atom stereocenters. The van der Waals surface area contributed by atoms with Crippen molar-refractivity contribution in [3.05, 3.63) is 107 Å². The smallest absolute Gasteiger partial charge is 0.418 e. The van der Waals surface area contributed by atoms with Gasteiger partial charge in [0.2, 0.25) is 0 Å². The zero-order valence-corrected chi connectivity index (χ0v) is 22.5. The number of carboxylic acids is 1. The van der Waals surface area contributed by atoms with Crippen molar-refractivity contribution >= 4 is 33.5 Å². The Balaban J connectivity index is 1.37. The van der Waals surface area contributed by atoms with Crippen LogP contribution in [-0.4, -0.2) is 38.3 Å². The van der Waals surface area contributed by atoms with Crippen molar-refractivity contribution in [2.75, 3.05) is 18.0 Å². The lowest BCUT2D eigenvalue weighted by Crippen LogP contribution is -2.22. The molecule has 0 bridgehead atoms. The summed E-state index contributed by atoms with van der Waals surface area (Å²) in [6.45, 7) is 1.05. The average Bonchev–Trinajstić information content (AvgIpc) is 3.75. The molecule has 0 unspecified atom stereocenters. The van der Waals surface area contributed by atoms with Gasteiger partial charge in [-0.2, -0.15) is 18.2 Å². The monoisotopic (exact) mass is 584 g/mol. The van der Waals surface area contributed by atoms with Gasteiger partial charge in [-0.05, 0) is 53.4 Å². The Kier molecular flexibility index (Phi) is 6.12. The van der Waals surface area contributed by atoms with E-state index in [1.807, 2.05) is 36.7 Å². The van der Waals surface area contributed by atoms with Crippen LogP contribution >= 0.6 is 0 Å². The first-order valence-electron chi connectivity index (χ1n) is 13.6. The molecule has 216 valence electrons. The van der Waals surface area contributed by atoms with Gasteiger partial charge < -0.3 is 19.0 Å². The molecule has 11 heteroatoms. The number of rotatable bonds is 5. The van der Waals surface area contributed by atoms with Gasteiger partial charge in [0.15, 0.2) is 11.0 Å². The van der Waals surface area contributed by atoms with Crippen molar-refractivity contribution in [1.29, 1.82) is 0 Å². The van der Waals surface area contributed by atoms with E-state index in [0.29, 0.717) is 35.9 Å². The molecule has 3 aromatic carbocycles. The lowest BCUT2D eigenvalue weighted by Gasteiger charge is -2.24. The van der Waals surface area contributed by atoms with Crippen LogP contribution in [0.2, 0.25) is 0 Å². The van der Waals surface area contributed by atoms with Gasteiger partial charge in [-0.25, -0.2) is 4.79 Å². The Morgan fingerprint density at radius 1 is 0.907 bits per heavy atom. The van der Waals surface area contributed by atoms with E-state index in [-0.39, 0.29) is 16.9 Å². The fourth-order valence-electron chi connectivity index (χ4n) is 5.64. The number of carbonyl (C=O) groups is 1. The van der Waals surface area contributed by atoms with Gasteiger partial charge in [-0.3, -0.25) is 9.36 Å². The predicted octanol–water partition coefficient (Wildman–Crippen LogP) is 6.91. The summed E-state index contributed by atoms with van der Waals surface area (Å²) in [5, 5.41) is 11.7. The van der Waals surface area contributed by atoms with E-state index in [2.05, 4.69) is 4.98 Å². The van der Waals surface area contributed by atoms with Crippen LogP contribution in [0.15, 0.2) is 94.5 Å². The number of alkyl halides is 3. The summed E-state index contributed by atoms with van der Waals surface area (Å²) in [6.07, 6.45) is 1.86. The zero-order valence-electron chi connectivity index (χ0n) is 22.5. The van der Waals surface area contributed by atoms with Crippen LogP contribution < -0.4 is 10.3 Å². The second-order valence-electron chi connectivity index (χ2n) is 10.5. The van der Waals surface area contributed by atoms with E-state index < -0.39 is 28.7 Å². The van der Waals surface area contributed by atoms with Crippen molar-refractivity contribution in [3.8, 4) is 23.0 Å². The fourth-order valence-corrected chi connectivity index (χ4v) is 5.64. The molecule has 8 nitrogen and oxygen atoms in total. The summed E-state index contributed by atoms with van der Waals surface area (Å²) in [7, 11) is 0. The predicted molar refractivity (Wildman–Crippen MR) is 155 cm³/mol. The van der Waals surface area contributed by atoms with Crippen molar-refractivity contribution in [3.63, 3.8) is 0 Å².